The van der Waals surface area contributed by atoms with E-state index in [0.717, 1.165) is 0 Å². The number of rotatable bonds is 14. The minimum atomic E-state index is -5.28. The first-order chi connectivity index (χ1) is 31.2. The van der Waals surface area contributed by atoms with Crippen molar-refractivity contribution in [2.75, 3.05) is 13.2 Å². The molecule has 0 amide bonds. The van der Waals surface area contributed by atoms with Gasteiger partial charge in [-0.25, -0.2) is 0 Å². The summed E-state index contributed by atoms with van der Waals surface area (Å²) in [4.78, 5) is 33.3. The normalized spacial score (nSPS) is 17.2. The maximum atomic E-state index is 17.0. The van der Waals surface area contributed by atoms with E-state index in [1.165, 1.54) is 0 Å². The van der Waals surface area contributed by atoms with E-state index in [1.54, 1.807) is 12.8 Å². The molecular formula is C44H90Ge2N10O5Si8. The summed E-state index contributed by atoms with van der Waals surface area (Å²) < 4.78 is 41.3. The van der Waals surface area contributed by atoms with Gasteiger partial charge in [0.2, 0.25) is 0 Å². The fourth-order valence-corrected chi connectivity index (χ4v) is 118. The molecule has 386 valence electrons. The van der Waals surface area contributed by atoms with Gasteiger partial charge in [0.1, 0.15) is 0 Å². The summed E-state index contributed by atoms with van der Waals surface area (Å²) in [6.45, 7) is 58.6. The monoisotopic (exact) mass is 1210 g/mol. The molecule has 2 aromatic heterocycles. The predicted octanol–water partition coefficient (Wildman–Crippen LogP) is 10.1. The molecule has 0 unspecified atom stereocenters. The molecule has 0 aliphatic carbocycles. The van der Waals surface area contributed by atoms with Crippen LogP contribution in [0.3, 0.4) is 0 Å². The Morgan fingerprint density at radius 3 is 1.07 bits per heavy atom. The molecule has 0 saturated carbocycles. The van der Waals surface area contributed by atoms with Crippen LogP contribution in [0, 0.1) is 0 Å². The van der Waals surface area contributed by atoms with Crippen molar-refractivity contribution < 1.29 is 12.3 Å². The van der Waals surface area contributed by atoms with Gasteiger partial charge in [-0.15, -0.1) is 0 Å². The van der Waals surface area contributed by atoms with Crippen molar-refractivity contribution in [2.45, 2.75) is 170 Å². The number of hydrogen-bond donors (Lipinski definition) is 0. The zero-order chi connectivity index (χ0) is 52.5. The average molecular weight is 1210 g/mol. The van der Waals surface area contributed by atoms with Crippen molar-refractivity contribution in [1.29, 1.82) is 0 Å². The van der Waals surface area contributed by atoms with Crippen LogP contribution in [-0.4, -0.2) is 147 Å². The Morgan fingerprint density at radius 1 is 0.435 bits per heavy atom. The van der Waals surface area contributed by atoms with Crippen molar-refractivity contribution in [2.24, 2.45) is 0 Å². The van der Waals surface area contributed by atoms with Crippen LogP contribution in [-0.2, 0) is 3.76 Å². The summed E-state index contributed by atoms with van der Waals surface area (Å²) >= 11 is -9.99. The molecule has 5 rings (SSSR count). The third-order valence-electron chi connectivity index (χ3n) is 11.9. The van der Waals surface area contributed by atoms with Crippen LogP contribution in [0.5, 0.6) is 12.0 Å². The zero-order valence-corrected chi connectivity index (χ0v) is 59.3. The van der Waals surface area contributed by atoms with E-state index in [1.807, 2.05) is 64.3 Å². The summed E-state index contributed by atoms with van der Waals surface area (Å²) in [7, 11) is -19.6. The first-order valence-electron chi connectivity index (χ1n) is 24.9. The van der Waals surface area contributed by atoms with Crippen LogP contribution in [0.1, 0.15) is 12.8 Å². The van der Waals surface area contributed by atoms with E-state index < -0.39 is 94.4 Å². The standard InChI is InChI=1S/C44H90Ge2N10O5Si8/c1-62(2,3)53(63(4,5)6)45(54(64(7,8)9)65(10,11)12)51-43(57)49(39-33-27-25-28-34-39)41(47-51)59-37-31-32-38-60-46(55(66(13,14)15)67(16,17)18,56(68(19,20)21)69(22,23)24)61-42-48-52(45)44(58)50(42)40-35-29-26-30-36-40/h25-30,33-36H,31-32,37-38H2,1-24H3. The second-order valence-corrected chi connectivity index (χ2v) is 85.6. The molecular weight excluding hydrogens is 1120 g/mol. The van der Waals surface area contributed by atoms with Crippen LogP contribution in [0.15, 0.2) is 70.3 Å². The van der Waals surface area contributed by atoms with Gasteiger partial charge in [-0.2, -0.15) is 0 Å². The average Bonchev–Trinajstić information content (AvgIpc) is 3.63. The van der Waals surface area contributed by atoms with Crippen molar-refractivity contribution in [3.05, 3.63) is 81.6 Å². The van der Waals surface area contributed by atoms with Gasteiger partial charge in [-0.1, -0.05) is 0 Å². The zero-order valence-electron chi connectivity index (χ0n) is 47.1. The minimum absolute atomic E-state index is 0.223. The second kappa shape index (κ2) is 20.0. The topological polar surface area (TPSA) is 120 Å². The van der Waals surface area contributed by atoms with E-state index in [4.69, 9.17) is 22.5 Å². The van der Waals surface area contributed by atoms with Gasteiger partial charge in [0.25, 0.3) is 0 Å². The molecule has 1 aliphatic heterocycles. The summed E-state index contributed by atoms with van der Waals surface area (Å²) in [6, 6.07) is 20.1. The second-order valence-electron chi connectivity index (χ2n) is 26.7. The molecule has 0 radical (unpaired) electrons. The molecule has 0 N–H and O–H groups in total. The Bertz CT molecular complexity index is 2410. The van der Waals surface area contributed by atoms with Gasteiger partial charge in [0, 0.05) is 0 Å². The number of fused-ring (bicyclic) bond motifs is 4. The van der Waals surface area contributed by atoms with E-state index in [2.05, 4.69) is 170 Å². The summed E-state index contributed by atoms with van der Waals surface area (Å²) in [5.74, 6) is 0. The van der Waals surface area contributed by atoms with E-state index in [0.29, 0.717) is 37.4 Å². The number of nitrogens with zero attached hydrogens (tertiary/aromatic N) is 10. The maximum absolute atomic E-state index is 17.0. The first kappa shape index (κ1) is 58.4. The quantitative estimate of drug-likeness (QED) is 0.112. The number of benzene rings is 2. The molecule has 1 aliphatic rings. The van der Waals surface area contributed by atoms with E-state index in [-0.39, 0.29) is 23.4 Å². The molecule has 0 spiro atoms. The first-order valence-corrected chi connectivity index (χ1v) is 59.8. The molecule has 25 heteroatoms. The molecule has 4 bridgehead atoms. The molecule has 69 heavy (non-hydrogen) atoms. The van der Waals surface area contributed by atoms with Gasteiger partial charge >= 0.3 is 434 Å². The number of aromatic nitrogens is 6. The number of hydrogen-bond acceptors (Lipinski definition) is 11. The van der Waals surface area contributed by atoms with Crippen molar-refractivity contribution >= 4 is 94.4 Å². The molecule has 4 aromatic rings. The van der Waals surface area contributed by atoms with Crippen LogP contribution in [0.4, 0.5) is 0 Å². The summed E-state index contributed by atoms with van der Waals surface area (Å²) in [5.41, 5.74) is 0.664. The number of para-hydroxylation sites is 2. The van der Waals surface area contributed by atoms with Crippen LogP contribution in [0.2, 0.25) is 157 Å². The summed E-state index contributed by atoms with van der Waals surface area (Å²) in [6.07, 6.45) is 1.37. The Morgan fingerprint density at radius 2 is 0.739 bits per heavy atom. The Balaban J connectivity index is 2.26. The van der Waals surface area contributed by atoms with E-state index in [9.17, 15) is 0 Å². The van der Waals surface area contributed by atoms with Gasteiger partial charge in [0.05, 0.1) is 0 Å². The molecule has 2 aromatic carbocycles. The van der Waals surface area contributed by atoms with Crippen molar-refractivity contribution in [3.8, 4) is 23.4 Å². The Hall–Kier alpha value is -1.46. The Kier molecular flexibility index (Phi) is 16.9. The molecule has 15 nitrogen and oxygen atoms in total. The Labute approximate surface area is 431 Å². The van der Waals surface area contributed by atoms with Crippen LogP contribution < -0.4 is 19.9 Å². The summed E-state index contributed by atoms with van der Waals surface area (Å²) in [5, 5.41) is 11.4. The molecule has 3 heterocycles. The van der Waals surface area contributed by atoms with Gasteiger partial charge in [-0.05, 0) is 0 Å². The third kappa shape index (κ3) is 11.8. The molecule has 0 saturated heterocycles. The van der Waals surface area contributed by atoms with Crippen LogP contribution >= 0.6 is 0 Å². The fourth-order valence-electron chi connectivity index (χ4n) is 12.0. The van der Waals surface area contributed by atoms with Crippen molar-refractivity contribution in [1.82, 2.24) is 39.4 Å². The van der Waals surface area contributed by atoms with Gasteiger partial charge in [0.15, 0.2) is 0 Å². The number of ether oxygens (including phenoxy) is 1. The van der Waals surface area contributed by atoms with Gasteiger partial charge < -0.3 is 0 Å². The molecule has 0 atom stereocenters. The van der Waals surface area contributed by atoms with Crippen LogP contribution in [0.25, 0.3) is 11.4 Å². The third-order valence-corrected chi connectivity index (χ3v) is 95.3. The predicted molar refractivity (Wildman–Crippen MR) is 313 cm³/mol. The van der Waals surface area contributed by atoms with Gasteiger partial charge in [-0.3, -0.25) is 0 Å². The molecule has 0 fully saturated rings. The van der Waals surface area contributed by atoms with Crippen molar-refractivity contribution in [3.63, 3.8) is 0 Å². The SMILES string of the molecule is C[Si](C)(C)[N]([Si](C)(C)C)[Ge]1([N]([Si](C)(C)C)[Si](C)(C)C)[O]CCCCOc2n[n](c(=O)n2-c2ccccc2)[Ge]([N]([Si](C)(C)C)[Si](C)(C)C)([N]([Si](C)(C)C)[Si](C)(C)C)[n]2nc(n(-c3ccccc3)c2=O)[O]1. The fraction of sp³-hybridized carbons (Fsp3) is 0.636. The van der Waals surface area contributed by atoms with E-state index >= 15 is 9.59 Å².